The van der Waals surface area contributed by atoms with Gasteiger partial charge in [0, 0.05) is 25.5 Å². The number of amides is 1. The van der Waals surface area contributed by atoms with E-state index in [4.69, 9.17) is 14.2 Å². The Morgan fingerprint density at radius 3 is 2.16 bits per heavy atom. The third kappa shape index (κ3) is 5.57. The number of ether oxygens (including phenoxy) is 3. The monoisotopic (exact) mass is 423 g/mol. The molecule has 0 fully saturated rings. The van der Waals surface area contributed by atoms with E-state index in [0.29, 0.717) is 29.0 Å². The number of benzene rings is 2. The second-order valence-electron chi connectivity index (χ2n) is 7.56. The zero-order valence-corrected chi connectivity index (χ0v) is 18.6. The van der Waals surface area contributed by atoms with Crippen LogP contribution in [0.2, 0.25) is 0 Å². The van der Waals surface area contributed by atoms with Crippen molar-refractivity contribution in [1.82, 2.24) is 14.9 Å². The number of carbonyl (C=O) groups excluding carboxylic acids is 1. The highest BCUT2D eigenvalue weighted by Crippen LogP contribution is 2.29. The summed E-state index contributed by atoms with van der Waals surface area (Å²) in [5.41, 5.74) is 2.01. The third-order valence-corrected chi connectivity index (χ3v) is 5.05. The molecule has 1 N–H and O–H groups in total. The highest BCUT2D eigenvalue weighted by molar-refractivity contribution is 5.78. The van der Waals surface area contributed by atoms with E-state index in [1.54, 1.807) is 26.5 Å². The van der Waals surface area contributed by atoms with Crippen LogP contribution >= 0.6 is 0 Å². The predicted molar refractivity (Wildman–Crippen MR) is 119 cm³/mol. The fraction of sp³-hybridized carbons (Fsp3) is 0.333. The maximum atomic E-state index is 12.8. The Morgan fingerprint density at radius 1 is 1.00 bits per heavy atom. The zero-order chi connectivity index (χ0) is 22.4. The van der Waals surface area contributed by atoms with E-state index in [1.807, 2.05) is 54.2 Å². The molecule has 31 heavy (non-hydrogen) atoms. The minimum atomic E-state index is -0.497. The molecule has 0 aliphatic rings. The molecule has 3 rings (SSSR count). The van der Waals surface area contributed by atoms with Gasteiger partial charge in [-0.15, -0.1) is 0 Å². The molecule has 0 radical (unpaired) electrons. The maximum absolute atomic E-state index is 12.8. The number of methoxy groups -OCH3 is 2. The number of aromatic nitrogens is 2. The summed E-state index contributed by atoms with van der Waals surface area (Å²) in [6.07, 6.45) is 3.53. The van der Waals surface area contributed by atoms with Gasteiger partial charge in [-0.1, -0.05) is 26.0 Å². The van der Waals surface area contributed by atoms with Gasteiger partial charge < -0.3 is 24.1 Å². The molecule has 0 saturated heterocycles. The molecule has 7 heteroatoms. The summed E-state index contributed by atoms with van der Waals surface area (Å²) >= 11 is 0. The number of imidazole rings is 1. The van der Waals surface area contributed by atoms with E-state index in [1.165, 1.54) is 5.56 Å². The quantitative estimate of drug-likeness (QED) is 0.566. The molecule has 1 atom stereocenters. The first-order chi connectivity index (χ1) is 14.9. The molecule has 2 aromatic carbocycles. The van der Waals surface area contributed by atoms with Crippen molar-refractivity contribution in [1.29, 1.82) is 0 Å². The highest BCUT2D eigenvalue weighted by Gasteiger charge is 2.22. The minimum absolute atomic E-state index is 0.108. The van der Waals surface area contributed by atoms with E-state index in [-0.39, 0.29) is 12.5 Å². The van der Waals surface area contributed by atoms with Crippen molar-refractivity contribution in [3.05, 3.63) is 71.8 Å². The van der Waals surface area contributed by atoms with Gasteiger partial charge >= 0.3 is 0 Å². The van der Waals surface area contributed by atoms with E-state index < -0.39 is 6.04 Å². The molecule has 0 saturated carbocycles. The number of nitrogens with zero attached hydrogens (tertiary/aromatic N) is 2. The van der Waals surface area contributed by atoms with Gasteiger partial charge in [0.05, 0.1) is 14.2 Å². The highest BCUT2D eigenvalue weighted by atomic mass is 16.5. The summed E-state index contributed by atoms with van der Waals surface area (Å²) in [5, 5.41) is 3.02. The van der Waals surface area contributed by atoms with Crippen LogP contribution in [0.1, 0.15) is 42.8 Å². The van der Waals surface area contributed by atoms with E-state index in [2.05, 4.69) is 24.1 Å². The standard InChI is InChI=1S/C24H29N3O4/c1-16(2)17-6-8-19(9-7-17)31-15-22(28)26-23(24-25-10-11-27(24)3)18-12-20(29-4)14-21(13-18)30-5/h6-14,16,23H,15H2,1-5H3,(H,26,28). The Bertz CT molecular complexity index is 990. The molecule has 1 aromatic heterocycles. The lowest BCUT2D eigenvalue weighted by molar-refractivity contribution is -0.123. The predicted octanol–water partition coefficient (Wildman–Crippen LogP) is 3.85. The zero-order valence-electron chi connectivity index (χ0n) is 18.6. The fourth-order valence-corrected chi connectivity index (χ4v) is 3.25. The first-order valence-corrected chi connectivity index (χ1v) is 10.1. The Morgan fingerprint density at radius 2 is 1.65 bits per heavy atom. The van der Waals surface area contributed by atoms with Crippen LogP contribution in [-0.2, 0) is 11.8 Å². The lowest BCUT2D eigenvalue weighted by Crippen LogP contribution is -2.34. The van der Waals surface area contributed by atoms with Crippen LogP contribution in [-0.4, -0.2) is 36.3 Å². The smallest absolute Gasteiger partial charge is 0.258 e. The summed E-state index contributed by atoms with van der Waals surface area (Å²) in [4.78, 5) is 17.2. The van der Waals surface area contributed by atoms with Gasteiger partial charge in [0.2, 0.25) is 0 Å². The van der Waals surface area contributed by atoms with Gasteiger partial charge in [-0.25, -0.2) is 4.98 Å². The van der Waals surface area contributed by atoms with Crippen molar-refractivity contribution in [2.75, 3.05) is 20.8 Å². The molecule has 0 aliphatic carbocycles. The number of rotatable bonds is 9. The fourth-order valence-electron chi connectivity index (χ4n) is 3.25. The molecule has 1 heterocycles. The van der Waals surface area contributed by atoms with Crippen molar-refractivity contribution < 1.29 is 19.0 Å². The van der Waals surface area contributed by atoms with Gasteiger partial charge in [-0.3, -0.25) is 4.79 Å². The first-order valence-electron chi connectivity index (χ1n) is 10.1. The Kier molecular flexibility index (Phi) is 7.18. The molecule has 1 unspecified atom stereocenters. The van der Waals surface area contributed by atoms with Crippen molar-refractivity contribution in [3.8, 4) is 17.2 Å². The number of hydrogen-bond acceptors (Lipinski definition) is 5. The molecule has 0 aliphatic heterocycles. The molecule has 7 nitrogen and oxygen atoms in total. The second-order valence-corrected chi connectivity index (χ2v) is 7.56. The summed E-state index contributed by atoms with van der Waals surface area (Å²) < 4.78 is 18.3. The Labute approximate surface area is 183 Å². The molecule has 0 bridgehead atoms. The van der Waals surface area contributed by atoms with Gasteiger partial charge in [0.1, 0.15) is 29.1 Å². The summed E-state index contributed by atoms with van der Waals surface area (Å²) in [6.45, 7) is 4.16. The molecular formula is C24H29N3O4. The van der Waals surface area contributed by atoms with Gasteiger partial charge in [0.15, 0.2) is 6.61 Å². The lowest BCUT2D eigenvalue weighted by Gasteiger charge is -2.20. The van der Waals surface area contributed by atoms with Gasteiger partial charge in [0.25, 0.3) is 5.91 Å². The molecular weight excluding hydrogens is 394 g/mol. The van der Waals surface area contributed by atoms with Gasteiger partial charge in [-0.05, 0) is 41.3 Å². The molecule has 0 spiro atoms. The van der Waals surface area contributed by atoms with E-state index >= 15 is 0 Å². The van der Waals surface area contributed by atoms with Crippen molar-refractivity contribution in [3.63, 3.8) is 0 Å². The number of hydrogen-bond donors (Lipinski definition) is 1. The third-order valence-electron chi connectivity index (χ3n) is 5.05. The first kappa shape index (κ1) is 22.2. The van der Waals surface area contributed by atoms with Crippen molar-refractivity contribution in [2.24, 2.45) is 7.05 Å². The minimum Gasteiger partial charge on any atom is -0.497 e. The number of nitrogens with one attached hydrogen (secondary N) is 1. The van der Waals surface area contributed by atoms with Crippen LogP contribution < -0.4 is 19.5 Å². The van der Waals surface area contributed by atoms with Crippen LogP contribution in [0.4, 0.5) is 0 Å². The number of aryl methyl sites for hydroxylation is 1. The van der Waals surface area contributed by atoms with Crippen molar-refractivity contribution >= 4 is 5.91 Å². The summed E-state index contributed by atoms with van der Waals surface area (Å²) in [7, 11) is 5.06. The maximum Gasteiger partial charge on any atom is 0.258 e. The Balaban J connectivity index is 1.78. The second kappa shape index (κ2) is 10.0. The normalized spacial score (nSPS) is 11.8. The Hall–Kier alpha value is -3.48. The number of carbonyl (C=O) groups is 1. The summed E-state index contributed by atoms with van der Waals surface area (Å²) in [6, 6.07) is 12.8. The average molecular weight is 424 g/mol. The van der Waals surface area contributed by atoms with Crippen LogP contribution in [0.15, 0.2) is 54.9 Å². The average Bonchev–Trinajstić information content (AvgIpc) is 3.21. The van der Waals surface area contributed by atoms with Crippen LogP contribution in [0, 0.1) is 0 Å². The largest absolute Gasteiger partial charge is 0.497 e. The van der Waals surface area contributed by atoms with Crippen LogP contribution in [0.25, 0.3) is 0 Å². The molecule has 3 aromatic rings. The van der Waals surface area contributed by atoms with E-state index in [0.717, 1.165) is 5.56 Å². The van der Waals surface area contributed by atoms with Crippen LogP contribution in [0.5, 0.6) is 17.2 Å². The van der Waals surface area contributed by atoms with E-state index in [9.17, 15) is 4.79 Å². The van der Waals surface area contributed by atoms with Crippen molar-refractivity contribution in [2.45, 2.75) is 25.8 Å². The summed E-state index contributed by atoms with van der Waals surface area (Å²) in [5.74, 6) is 2.77. The van der Waals surface area contributed by atoms with Gasteiger partial charge in [-0.2, -0.15) is 0 Å². The topological polar surface area (TPSA) is 74.6 Å². The van der Waals surface area contributed by atoms with Crippen LogP contribution in [0.3, 0.4) is 0 Å². The molecule has 164 valence electrons. The SMILES string of the molecule is COc1cc(OC)cc(C(NC(=O)COc2ccc(C(C)C)cc2)c2nccn2C)c1. The lowest BCUT2D eigenvalue weighted by atomic mass is 10.0. The molecule has 1 amide bonds.